The predicted molar refractivity (Wildman–Crippen MR) is 131 cm³/mol. The number of aryl methyl sites for hydroxylation is 1. The number of aliphatic hydroxyl groups excluding tert-OH is 1. The first-order valence-corrected chi connectivity index (χ1v) is 10.9. The first kappa shape index (κ1) is 21.5. The molecule has 0 fully saturated rings. The van der Waals surface area contributed by atoms with Crippen molar-refractivity contribution in [3.8, 4) is 17.1 Å². The van der Waals surface area contributed by atoms with Gasteiger partial charge in [-0.05, 0) is 54.8 Å². The maximum absolute atomic E-state index is 12.8. The first-order valence-electron chi connectivity index (χ1n) is 10.9. The summed E-state index contributed by atoms with van der Waals surface area (Å²) in [6, 6.07) is 9.53. The van der Waals surface area contributed by atoms with E-state index < -0.39 is 0 Å². The van der Waals surface area contributed by atoms with Crippen molar-refractivity contribution >= 4 is 22.9 Å². The second-order valence-electron chi connectivity index (χ2n) is 8.06. The molecule has 0 saturated carbocycles. The highest BCUT2D eigenvalue weighted by Crippen LogP contribution is 2.29. The summed E-state index contributed by atoms with van der Waals surface area (Å²) in [6.45, 7) is 1.91. The standard InChI is InChI=1S/C25H23N7O2/c1-16-10-19(32-9-8-27-15-32)12-21-23(16)31-24(30-21)22-20(4-7-28-25(22)34)29-13-18(14-33)11-17-2-5-26-6-3-17/h2-10,12-13,15,18,33H,11,14H2,1H3,(H,28,34)(H,30,31). The van der Waals surface area contributed by atoms with E-state index in [1.165, 1.54) is 0 Å². The molecular weight excluding hydrogens is 430 g/mol. The summed E-state index contributed by atoms with van der Waals surface area (Å²) < 4.78 is 1.91. The molecule has 0 aliphatic carbocycles. The van der Waals surface area contributed by atoms with Gasteiger partial charge in [-0.3, -0.25) is 14.8 Å². The summed E-state index contributed by atoms with van der Waals surface area (Å²) in [5, 5.41) is 9.84. The summed E-state index contributed by atoms with van der Waals surface area (Å²) >= 11 is 0. The smallest absolute Gasteiger partial charge is 0.261 e. The Hall–Kier alpha value is -4.37. The number of aromatic amines is 2. The summed E-state index contributed by atoms with van der Waals surface area (Å²) in [5.74, 6) is 0.231. The Kier molecular flexibility index (Phi) is 5.84. The molecule has 1 unspecified atom stereocenters. The molecule has 0 bridgehead atoms. The van der Waals surface area contributed by atoms with Gasteiger partial charge in [0.1, 0.15) is 11.4 Å². The Morgan fingerprint density at radius 1 is 1.18 bits per heavy atom. The Balaban J connectivity index is 1.51. The number of nitrogens with one attached hydrogen (secondary N) is 2. The van der Waals surface area contributed by atoms with Crippen LogP contribution in [0.5, 0.6) is 0 Å². The zero-order valence-corrected chi connectivity index (χ0v) is 18.5. The Morgan fingerprint density at radius 2 is 2.03 bits per heavy atom. The molecule has 0 spiro atoms. The quantitative estimate of drug-likeness (QED) is 0.326. The third-order valence-electron chi connectivity index (χ3n) is 5.65. The van der Waals surface area contributed by atoms with Crippen molar-refractivity contribution in [3.05, 3.63) is 89.1 Å². The lowest BCUT2D eigenvalue weighted by Gasteiger charge is -2.09. The molecule has 5 aromatic rings. The zero-order valence-electron chi connectivity index (χ0n) is 18.5. The molecule has 0 aliphatic heterocycles. The van der Waals surface area contributed by atoms with Crippen molar-refractivity contribution in [2.45, 2.75) is 13.3 Å². The van der Waals surface area contributed by atoms with E-state index in [-0.39, 0.29) is 18.1 Å². The number of hydrogen-bond donors (Lipinski definition) is 3. The lowest BCUT2D eigenvalue weighted by Crippen LogP contribution is -2.12. The van der Waals surface area contributed by atoms with E-state index in [9.17, 15) is 9.90 Å². The number of fused-ring (bicyclic) bond motifs is 1. The molecule has 1 atom stereocenters. The van der Waals surface area contributed by atoms with Gasteiger partial charge in [-0.1, -0.05) is 0 Å². The number of imidazole rings is 2. The van der Waals surface area contributed by atoms with Crippen LogP contribution < -0.4 is 5.56 Å². The van der Waals surface area contributed by atoms with Crippen LogP contribution in [0, 0.1) is 12.8 Å². The third-order valence-corrected chi connectivity index (χ3v) is 5.65. The van der Waals surface area contributed by atoms with Crippen LogP contribution in [-0.2, 0) is 6.42 Å². The highest BCUT2D eigenvalue weighted by atomic mass is 16.3. The number of rotatable bonds is 7. The molecule has 9 heteroatoms. The van der Waals surface area contributed by atoms with Gasteiger partial charge >= 0.3 is 0 Å². The molecule has 5 rings (SSSR count). The summed E-state index contributed by atoms with van der Waals surface area (Å²) in [6.07, 6.45) is 12.6. The fourth-order valence-corrected chi connectivity index (χ4v) is 3.93. The van der Waals surface area contributed by atoms with Crippen LogP contribution in [0.1, 0.15) is 11.1 Å². The lowest BCUT2D eigenvalue weighted by atomic mass is 10.0. The fourth-order valence-electron chi connectivity index (χ4n) is 3.93. The summed E-state index contributed by atoms with van der Waals surface area (Å²) in [4.78, 5) is 36.2. The van der Waals surface area contributed by atoms with Crippen LogP contribution >= 0.6 is 0 Å². The summed E-state index contributed by atoms with van der Waals surface area (Å²) in [5.41, 5.74) is 5.08. The van der Waals surface area contributed by atoms with Gasteiger partial charge in [0.25, 0.3) is 5.56 Å². The van der Waals surface area contributed by atoms with Gasteiger partial charge in [0.2, 0.25) is 0 Å². The molecule has 34 heavy (non-hydrogen) atoms. The van der Waals surface area contributed by atoms with Crippen LogP contribution in [-0.4, -0.2) is 47.4 Å². The Bertz CT molecular complexity index is 1500. The number of aliphatic hydroxyl groups is 1. The van der Waals surface area contributed by atoms with E-state index in [0.717, 1.165) is 27.8 Å². The number of hydrogen-bond acceptors (Lipinski definition) is 6. The van der Waals surface area contributed by atoms with Crippen molar-refractivity contribution in [1.82, 2.24) is 29.5 Å². The molecule has 0 saturated heterocycles. The van der Waals surface area contributed by atoms with E-state index in [1.54, 1.807) is 43.4 Å². The SMILES string of the molecule is Cc1cc(-n2ccnc2)cc2[nH]c(-c3c(N=CC(CO)Cc4ccncc4)cc[nH]c3=O)nc12. The van der Waals surface area contributed by atoms with Crippen LogP contribution in [0.15, 0.2) is 77.4 Å². The Morgan fingerprint density at radius 3 is 2.79 bits per heavy atom. The molecule has 1 aromatic carbocycles. The number of aromatic nitrogens is 6. The molecule has 170 valence electrons. The number of aliphatic imine (C=N–C) groups is 1. The second kappa shape index (κ2) is 9.24. The Labute approximate surface area is 194 Å². The van der Waals surface area contributed by atoms with E-state index in [1.807, 2.05) is 42.0 Å². The maximum Gasteiger partial charge on any atom is 0.261 e. The van der Waals surface area contributed by atoms with Gasteiger partial charge in [0.05, 0.1) is 29.7 Å². The van der Waals surface area contributed by atoms with Crippen molar-refractivity contribution < 1.29 is 5.11 Å². The highest BCUT2D eigenvalue weighted by Gasteiger charge is 2.16. The van der Waals surface area contributed by atoms with Gasteiger partial charge in [0, 0.05) is 48.8 Å². The zero-order chi connectivity index (χ0) is 23.5. The van der Waals surface area contributed by atoms with Crippen molar-refractivity contribution in [2.24, 2.45) is 10.9 Å². The molecule has 0 aliphatic rings. The van der Waals surface area contributed by atoms with E-state index in [0.29, 0.717) is 23.5 Å². The van der Waals surface area contributed by atoms with E-state index in [4.69, 9.17) is 4.98 Å². The maximum atomic E-state index is 12.8. The number of H-pyrrole nitrogens is 2. The second-order valence-corrected chi connectivity index (χ2v) is 8.06. The van der Waals surface area contributed by atoms with Gasteiger partial charge in [0.15, 0.2) is 0 Å². The minimum Gasteiger partial charge on any atom is -0.396 e. The first-order chi connectivity index (χ1) is 16.6. The summed E-state index contributed by atoms with van der Waals surface area (Å²) in [7, 11) is 0. The third kappa shape index (κ3) is 4.28. The average molecular weight is 454 g/mol. The minimum atomic E-state index is -0.295. The van der Waals surface area contributed by atoms with Gasteiger partial charge in [-0.25, -0.2) is 9.97 Å². The van der Waals surface area contributed by atoms with Gasteiger partial charge < -0.3 is 19.6 Å². The molecule has 4 aromatic heterocycles. The van der Waals surface area contributed by atoms with Crippen LogP contribution in [0.4, 0.5) is 5.69 Å². The largest absolute Gasteiger partial charge is 0.396 e. The molecular formula is C25H23N7O2. The molecule has 3 N–H and O–H groups in total. The highest BCUT2D eigenvalue weighted by molar-refractivity contribution is 5.86. The topological polar surface area (TPSA) is 125 Å². The lowest BCUT2D eigenvalue weighted by molar-refractivity contribution is 0.263. The minimum absolute atomic E-state index is 0.0643. The van der Waals surface area contributed by atoms with E-state index >= 15 is 0 Å². The van der Waals surface area contributed by atoms with Gasteiger partial charge in [-0.2, -0.15) is 0 Å². The molecule has 4 heterocycles. The van der Waals surface area contributed by atoms with Crippen LogP contribution in [0.25, 0.3) is 28.1 Å². The number of benzene rings is 1. The number of pyridine rings is 2. The van der Waals surface area contributed by atoms with Crippen molar-refractivity contribution in [3.63, 3.8) is 0 Å². The van der Waals surface area contributed by atoms with Crippen molar-refractivity contribution in [2.75, 3.05) is 6.61 Å². The predicted octanol–water partition coefficient (Wildman–Crippen LogP) is 3.36. The van der Waals surface area contributed by atoms with Crippen molar-refractivity contribution in [1.29, 1.82) is 0 Å². The molecule has 9 nitrogen and oxygen atoms in total. The molecule has 0 amide bonds. The van der Waals surface area contributed by atoms with E-state index in [2.05, 4.69) is 24.9 Å². The average Bonchev–Trinajstić information content (AvgIpc) is 3.53. The van der Waals surface area contributed by atoms with Crippen LogP contribution in [0.3, 0.4) is 0 Å². The van der Waals surface area contributed by atoms with Crippen LogP contribution in [0.2, 0.25) is 0 Å². The monoisotopic (exact) mass is 453 g/mol. The van der Waals surface area contributed by atoms with Gasteiger partial charge in [-0.15, -0.1) is 0 Å². The normalized spacial score (nSPS) is 12.5. The molecule has 0 radical (unpaired) electrons. The fraction of sp³-hybridized carbons (Fsp3) is 0.160. The number of nitrogens with zero attached hydrogens (tertiary/aromatic N) is 5.